The fraction of sp³-hybridized carbons (Fsp3) is 0.733. The Hall–Kier alpha value is -1.16. The van der Waals surface area contributed by atoms with E-state index in [0.717, 1.165) is 6.42 Å². The molecular formula is C15H20O4. The van der Waals surface area contributed by atoms with Crippen LogP contribution in [0.15, 0.2) is 11.6 Å². The van der Waals surface area contributed by atoms with Crippen molar-refractivity contribution in [3.63, 3.8) is 0 Å². The summed E-state index contributed by atoms with van der Waals surface area (Å²) in [4.78, 5) is 23.5. The molecule has 0 aromatic heterocycles. The van der Waals surface area contributed by atoms with Gasteiger partial charge in [0.25, 0.3) is 0 Å². The fourth-order valence-corrected chi connectivity index (χ4v) is 5.00. The van der Waals surface area contributed by atoms with E-state index in [4.69, 9.17) is 0 Å². The van der Waals surface area contributed by atoms with Crippen molar-refractivity contribution in [1.29, 1.82) is 0 Å². The molecule has 2 saturated carbocycles. The molecule has 0 aliphatic heterocycles. The summed E-state index contributed by atoms with van der Waals surface area (Å²) < 4.78 is 0. The average Bonchev–Trinajstić information content (AvgIpc) is 2.74. The van der Waals surface area contributed by atoms with Crippen LogP contribution in [0.25, 0.3) is 0 Å². The van der Waals surface area contributed by atoms with Crippen LogP contribution in [0.2, 0.25) is 0 Å². The van der Waals surface area contributed by atoms with Crippen LogP contribution < -0.4 is 0 Å². The van der Waals surface area contributed by atoms with Crippen LogP contribution in [0.4, 0.5) is 0 Å². The van der Waals surface area contributed by atoms with E-state index in [1.54, 1.807) is 6.92 Å². The van der Waals surface area contributed by atoms with Crippen LogP contribution in [0.3, 0.4) is 0 Å². The first kappa shape index (κ1) is 12.9. The minimum absolute atomic E-state index is 0.0000463. The van der Waals surface area contributed by atoms with Crippen LogP contribution >= 0.6 is 0 Å². The number of carbonyl (C=O) groups excluding carboxylic acids is 1. The molecule has 2 fully saturated rings. The van der Waals surface area contributed by atoms with Gasteiger partial charge in [0.05, 0.1) is 0 Å². The molecule has 0 radical (unpaired) electrons. The van der Waals surface area contributed by atoms with E-state index >= 15 is 0 Å². The van der Waals surface area contributed by atoms with Gasteiger partial charge >= 0.3 is 5.97 Å². The van der Waals surface area contributed by atoms with E-state index in [-0.39, 0.29) is 29.5 Å². The van der Waals surface area contributed by atoms with E-state index < -0.39 is 17.0 Å². The molecule has 0 amide bonds. The Morgan fingerprint density at radius 3 is 2.58 bits per heavy atom. The van der Waals surface area contributed by atoms with Crippen LogP contribution in [0.5, 0.6) is 0 Å². The smallest absolute Gasteiger partial charge is 0.331 e. The van der Waals surface area contributed by atoms with Gasteiger partial charge in [0.1, 0.15) is 5.60 Å². The summed E-state index contributed by atoms with van der Waals surface area (Å²) in [6.07, 6.45) is 3.52. The van der Waals surface area contributed by atoms with E-state index in [1.807, 2.05) is 6.08 Å². The molecule has 4 nitrogen and oxygen atoms in total. The minimum Gasteiger partial charge on any atom is -0.478 e. The molecule has 3 aliphatic rings. The quantitative estimate of drug-likeness (QED) is 0.757. The van der Waals surface area contributed by atoms with E-state index in [0.29, 0.717) is 12.0 Å². The topological polar surface area (TPSA) is 74.6 Å². The first-order valence-electron chi connectivity index (χ1n) is 6.82. The van der Waals surface area contributed by atoms with Crippen LogP contribution in [-0.2, 0) is 9.59 Å². The number of carboxylic acid groups (broad SMARTS) is 1. The van der Waals surface area contributed by atoms with Crippen molar-refractivity contribution in [3.05, 3.63) is 11.6 Å². The SMILES string of the molecule is CC1(C)CC2C=C(C(=O)O)C3CC(=O)C(C)(O)C23C1. The Morgan fingerprint density at radius 1 is 1.37 bits per heavy atom. The molecule has 1 spiro atoms. The maximum absolute atomic E-state index is 12.2. The normalized spacial score (nSPS) is 46.9. The monoisotopic (exact) mass is 264 g/mol. The molecular weight excluding hydrogens is 244 g/mol. The largest absolute Gasteiger partial charge is 0.478 e. The standard InChI is InChI=1S/C15H20O4/c1-13(2)6-8-4-9(12(17)18)10-5-11(16)14(3,19)15(8,10)7-13/h4,8,10,19H,5-7H2,1-3H3,(H,17,18). The lowest BCUT2D eigenvalue weighted by molar-refractivity contribution is -0.144. The molecule has 0 aromatic carbocycles. The molecule has 3 aliphatic carbocycles. The molecule has 4 atom stereocenters. The van der Waals surface area contributed by atoms with Gasteiger partial charge in [0.2, 0.25) is 0 Å². The number of Topliss-reactive ketones (excluding diaryl/α,β-unsaturated/α-hetero) is 1. The van der Waals surface area contributed by atoms with Crippen LogP contribution in [-0.4, -0.2) is 27.6 Å². The third-order valence-electron chi connectivity index (χ3n) is 5.67. The summed E-state index contributed by atoms with van der Waals surface area (Å²) in [5.41, 5.74) is -1.62. The number of carboxylic acids is 1. The highest BCUT2D eigenvalue weighted by Gasteiger charge is 2.72. The van der Waals surface area contributed by atoms with Gasteiger partial charge < -0.3 is 10.2 Å². The maximum atomic E-state index is 12.2. The number of rotatable bonds is 1. The summed E-state index contributed by atoms with van der Waals surface area (Å²) in [6, 6.07) is 0. The highest BCUT2D eigenvalue weighted by molar-refractivity contribution is 5.97. The first-order chi connectivity index (χ1) is 8.62. The van der Waals surface area contributed by atoms with Gasteiger partial charge in [0.15, 0.2) is 5.78 Å². The zero-order valence-electron chi connectivity index (χ0n) is 11.6. The highest BCUT2D eigenvalue weighted by atomic mass is 16.4. The Balaban J connectivity index is 2.17. The van der Waals surface area contributed by atoms with Gasteiger partial charge in [-0.2, -0.15) is 0 Å². The zero-order chi connectivity index (χ0) is 14.2. The lowest BCUT2D eigenvalue weighted by atomic mass is 9.65. The van der Waals surface area contributed by atoms with Crippen molar-refractivity contribution in [2.24, 2.45) is 22.7 Å². The molecule has 2 N–H and O–H groups in total. The van der Waals surface area contributed by atoms with Gasteiger partial charge in [-0.05, 0) is 31.1 Å². The van der Waals surface area contributed by atoms with Crippen molar-refractivity contribution in [2.75, 3.05) is 0 Å². The minimum atomic E-state index is -1.40. The molecule has 0 saturated heterocycles. The van der Waals surface area contributed by atoms with Gasteiger partial charge in [-0.1, -0.05) is 19.9 Å². The number of allylic oxidation sites excluding steroid dienone is 1. The second kappa shape index (κ2) is 3.29. The first-order valence-corrected chi connectivity index (χ1v) is 6.82. The Kier molecular flexibility index (Phi) is 2.23. The second-order valence-electron chi connectivity index (χ2n) is 7.37. The molecule has 0 bridgehead atoms. The van der Waals surface area contributed by atoms with Crippen molar-refractivity contribution in [1.82, 2.24) is 0 Å². The summed E-state index contributed by atoms with van der Waals surface area (Å²) >= 11 is 0. The van der Waals surface area contributed by atoms with E-state index in [2.05, 4.69) is 13.8 Å². The molecule has 19 heavy (non-hydrogen) atoms. The molecule has 4 unspecified atom stereocenters. The average molecular weight is 264 g/mol. The summed E-state index contributed by atoms with van der Waals surface area (Å²) in [5.74, 6) is -1.46. The van der Waals surface area contributed by atoms with Crippen molar-refractivity contribution in [2.45, 2.75) is 45.6 Å². The third kappa shape index (κ3) is 1.33. The predicted molar refractivity (Wildman–Crippen MR) is 68.4 cm³/mol. The van der Waals surface area contributed by atoms with Gasteiger partial charge in [-0.3, -0.25) is 4.79 Å². The molecule has 3 rings (SSSR count). The lowest BCUT2D eigenvalue weighted by Gasteiger charge is -2.40. The maximum Gasteiger partial charge on any atom is 0.331 e. The van der Waals surface area contributed by atoms with Crippen LogP contribution in [0.1, 0.15) is 40.0 Å². The van der Waals surface area contributed by atoms with Crippen molar-refractivity contribution < 1.29 is 19.8 Å². The van der Waals surface area contributed by atoms with Gasteiger partial charge in [-0.25, -0.2) is 4.79 Å². The zero-order valence-corrected chi connectivity index (χ0v) is 11.6. The lowest BCUT2D eigenvalue weighted by Crippen LogP contribution is -2.49. The molecule has 0 heterocycles. The van der Waals surface area contributed by atoms with Crippen molar-refractivity contribution >= 4 is 11.8 Å². The van der Waals surface area contributed by atoms with Crippen LogP contribution in [0, 0.1) is 22.7 Å². The second-order valence-corrected chi connectivity index (χ2v) is 7.37. The Bertz CT molecular complexity index is 514. The Morgan fingerprint density at radius 2 is 2.00 bits per heavy atom. The number of aliphatic hydroxyl groups is 1. The summed E-state index contributed by atoms with van der Waals surface area (Å²) in [6.45, 7) is 5.84. The molecule has 104 valence electrons. The van der Waals surface area contributed by atoms with E-state index in [1.165, 1.54) is 0 Å². The number of hydrogen-bond donors (Lipinski definition) is 2. The molecule has 4 heteroatoms. The fourth-order valence-electron chi connectivity index (χ4n) is 5.00. The predicted octanol–water partition coefficient (Wildman–Crippen LogP) is 1.77. The van der Waals surface area contributed by atoms with Gasteiger partial charge in [0, 0.05) is 23.3 Å². The number of aliphatic carboxylic acids is 1. The number of ketones is 1. The van der Waals surface area contributed by atoms with Crippen molar-refractivity contribution in [3.8, 4) is 0 Å². The highest BCUT2D eigenvalue weighted by Crippen LogP contribution is 2.70. The number of hydrogen-bond acceptors (Lipinski definition) is 3. The number of carbonyl (C=O) groups is 2. The van der Waals surface area contributed by atoms with Gasteiger partial charge in [-0.15, -0.1) is 0 Å². The Labute approximate surface area is 112 Å². The summed E-state index contributed by atoms with van der Waals surface area (Å²) in [5, 5.41) is 20.1. The third-order valence-corrected chi connectivity index (χ3v) is 5.67. The molecule has 0 aromatic rings. The summed E-state index contributed by atoms with van der Waals surface area (Å²) in [7, 11) is 0. The van der Waals surface area contributed by atoms with E-state index in [9.17, 15) is 19.8 Å².